The van der Waals surface area contributed by atoms with E-state index in [0.717, 1.165) is 30.9 Å². The van der Waals surface area contributed by atoms with E-state index >= 15 is 0 Å². The third-order valence-corrected chi connectivity index (χ3v) is 3.61. The minimum absolute atomic E-state index is 0.181. The molecule has 0 spiro atoms. The first-order valence-corrected chi connectivity index (χ1v) is 8.03. The lowest BCUT2D eigenvalue weighted by Gasteiger charge is -2.12. The number of nitrogens with zero attached hydrogens (tertiary/aromatic N) is 1. The average Bonchev–Trinajstić information content (AvgIpc) is 2.59. The Balaban J connectivity index is 1.90. The van der Waals surface area contributed by atoms with Gasteiger partial charge in [0, 0.05) is 17.9 Å². The molecule has 0 aromatic heterocycles. The summed E-state index contributed by atoms with van der Waals surface area (Å²) in [6.45, 7) is 1.98. The highest BCUT2D eigenvalue weighted by Gasteiger charge is 2.11. The predicted octanol–water partition coefficient (Wildman–Crippen LogP) is 3.31. The highest BCUT2D eigenvalue weighted by atomic mass is 16.5. The molecule has 0 aliphatic heterocycles. The van der Waals surface area contributed by atoms with Crippen LogP contribution in [0.4, 0.5) is 11.4 Å². The van der Waals surface area contributed by atoms with Gasteiger partial charge in [0.25, 0.3) is 5.91 Å². The van der Waals surface area contributed by atoms with Crippen LogP contribution in [-0.2, 0) is 0 Å². The molecular formula is C19H25N3O2. The third kappa shape index (κ3) is 5.28. The topological polar surface area (TPSA) is 53.6 Å². The van der Waals surface area contributed by atoms with Crippen LogP contribution in [0.25, 0.3) is 0 Å². The molecule has 0 aliphatic carbocycles. The largest absolute Gasteiger partial charge is 0.496 e. The summed E-state index contributed by atoms with van der Waals surface area (Å²) < 4.78 is 5.22. The Kier molecular flexibility index (Phi) is 6.63. The Labute approximate surface area is 143 Å². The van der Waals surface area contributed by atoms with E-state index in [0.29, 0.717) is 11.3 Å². The van der Waals surface area contributed by atoms with E-state index in [4.69, 9.17) is 4.74 Å². The Bertz CT molecular complexity index is 654. The summed E-state index contributed by atoms with van der Waals surface area (Å²) in [5.41, 5.74) is 2.32. The molecule has 5 nitrogen and oxygen atoms in total. The van der Waals surface area contributed by atoms with Crippen LogP contribution in [0.1, 0.15) is 16.8 Å². The van der Waals surface area contributed by atoms with Gasteiger partial charge in [0.2, 0.25) is 0 Å². The fourth-order valence-corrected chi connectivity index (χ4v) is 2.33. The van der Waals surface area contributed by atoms with Gasteiger partial charge in [-0.3, -0.25) is 4.79 Å². The zero-order valence-electron chi connectivity index (χ0n) is 14.5. The first-order valence-electron chi connectivity index (χ1n) is 8.03. The quantitative estimate of drug-likeness (QED) is 0.731. The van der Waals surface area contributed by atoms with E-state index in [9.17, 15) is 4.79 Å². The molecule has 2 N–H and O–H groups in total. The van der Waals surface area contributed by atoms with Crippen LogP contribution in [0, 0.1) is 0 Å². The lowest BCUT2D eigenvalue weighted by atomic mass is 10.2. The summed E-state index contributed by atoms with van der Waals surface area (Å²) in [5.74, 6) is 0.383. The van der Waals surface area contributed by atoms with E-state index in [2.05, 4.69) is 29.6 Å². The number of amides is 1. The Morgan fingerprint density at radius 1 is 1.04 bits per heavy atom. The number of rotatable bonds is 8. The summed E-state index contributed by atoms with van der Waals surface area (Å²) in [6.07, 6.45) is 1.08. The summed E-state index contributed by atoms with van der Waals surface area (Å²) >= 11 is 0. The molecular weight excluding hydrogens is 302 g/mol. The smallest absolute Gasteiger partial charge is 0.259 e. The van der Waals surface area contributed by atoms with Crippen molar-refractivity contribution in [1.29, 1.82) is 0 Å². The number of ether oxygens (including phenoxy) is 1. The SMILES string of the molecule is COc1ccccc1C(=O)Nc1ccc(NCCCN(C)C)cc1. The highest BCUT2D eigenvalue weighted by molar-refractivity contribution is 6.06. The van der Waals surface area contributed by atoms with Crippen LogP contribution in [0.15, 0.2) is 48.5 Å². The van der Waals surface area contributed by atoms with E-state index in [1.807, 2.05) is 36.4 Å². The lowest BCUT2D eigenvalue weighted by Crippen LogP contribution is -2.16. The van der Waals surface area contributed by atoms with Crippen molar-refractivity contribution in [3.05, 3.63) is 54.1 Å². The van der Waals surface area contributed by atoms with Crippen LogP contribution in [0.5, 0.6) is 5.75 Å². The van der Waals surface area contributed by atoms with Gasteiger partial charge in [-0.2, -0.15) is 0 Å². The number of methoxy groups -OCH3 is 1. The molecule has 2 aromatic rings. The lowest BCUT2D eigenvalue weighted by molar-refractivity contribution is 0.102. The number of carbonyl (C=O) groups is 1. The van der Waals surface area contributed by atoms with Gasteiger partial charge < -0.3 is 20.3 Å². The third-order valence-electron chi connectivity index (χ3n) is 3.61. The van der Waals surface area contributed by atoms with Gasteiger partial charge in [-0.1, -0.05) is 12.1 Å². The number of hydrogen-bond donors (Lipinski definition) is 2. The second-order valence-corrected chi connectivity index (χ2v) is 5.82. The van der Waals surface area contributed by atoms with E-state index < -0.39 is 0 Å². The molecule has 2 rings (SSSR count). The number of hydrogen-bond acceptors (Lipinski definition) is 4. The van der Waals surface area contributed by atoms with Crippen molar-refractivity contribution in [1.82, 2.24) is 4.90 Å². The normalized spacial score (nSPS) is 10.5. The maximum absolute atomic E-state index is 12.3. The van der Waals surface area contributed by atoms with Gasteiger partial charge in [-0.05, 0) is 63.5 Å². The first-order chi connectivity index (χ1) is 11.6. The average molecular weight is 327 g/mol. The number of para-hydroxylation sites is 1. The Hall–Kier alpha value is -2.53. The maximum Gasteiger partial charge on any atom is 0.259 e. The maximum atomic E-state index is 12.3. The standard InChI is InChI=1S/C19H25N3O2/c1-22(2)14-6-13-20-15-9-11-16(12-10-15)21-19(23)17-7-4-5-8-18(17)24-3/h4-5,7-12,20H,6,13-14H2,1-3H3,(H,21,23). The van der Waals surface area contributed by atoms with E-state index in [1.165, 1.54) is 0 Å². The molecule has 0 atom stereocenters. The monoisotopic (exact) mass is 327 g/mol. The Morgan fingerprint density at radius 2 is 1.71 bits per heavy atom. The second-order valence-electron chi connectivity index (χ2n) is 5.82. The summed E-state index contributed by atoms with van der Waals surface area (Å²) in [6, 6.07) is 14.9. The van der Waals surface area contributed by atoms with Gasteiger partial charge in [0.1, 0.15) is 5.75 Å². The molecule has 0 radical (unpaired) electrons. The van der Waals surface area contributed by atoms with Gasteiger partial charge in [-0.25, -0.2) is 0 Å². The zero-order valence-corrected chi connectivity index (χ0v) is 14.5. The van der Waals surface area contributed by atoms with E-state index in [-0.39, 0.29) is 5.91 Å². The molecule has 0 saturated heterocycles. The molecule has 0 saturated carbocycles. The fraction of sp³-hybridized carbons (Fsp3) is 0.316. The fourth-order valence-electron chi connectivity index (χ4n) is 2.33. The van der Waals surface area contributed by atoms with Crippen molar-refractivity contribution in [3.8, 4) is 5.75 Å². The van der Waals surface area contributed by atoms with Crippen LogP contribution in [-0.4, -0.2) is 45.1 Å². The van der Waals surface area contributed by atoms with Crippen LogP contribution in [0.2, 0.25) is 0 Å². The minimum Gasteiger partial charge on any atom is -0.496 e. The molecule has 0 heterocycles. The molecule has 24 heavy (non-hydrogen) atoms. The van der Waals surface area contributed by atoms with Crippen LogP contribution < -0.4 is 15.4 Å². The molecule has 0 bridgehead atoms. The number of nitrogens with one attached hydrogen (secondary N) is 2. The van der Waals surface area contributed by atoms with E-state index in [1.54, 1.807) is 19.2 Å². The summed E-state index contributed by atoms with van der Waals surface area (Å²) in [7, 11) is 5.70. The van der Waals surface area contributed by atoms with Gasteiger partial charge in [0.05, 0.1) is 12.7 Å². The Morgan fingerprint density at radius 3 is 2.38 bits per heavy atom. The van der Waals surface area contributed by atoms with Gasteiger partial charge in [-0.15, -0.1) is 0 Å². The molecule has 2 aromatic carbocycles. The first kappa shape index (κ1) is 17.8. The van der Waals surface area contributed by atoms with Crippen molar-refractivity contribution in [2.45, 2.75) is 6.42 Å². The van der Waals surface area contributed by atoms with Crippen molar-refractivity contribution in [2.75, 3.05) is 44.9 Å². The van der Waals surface area contributed by atoms with Crippen molar-refractivity contribution in [3.63, 3.8) is 0 Å². The number of carbonyl (C=O) groups excluding carboxylic acids is 1. The summed E-state index contributed by atoms with van der Waals surface area (Å²) in [4.78, 5) is 14.5. The molecule has 0 unspecified atom stereocenters. The minimum atomic E-state index is -0.181. The molecule has 0 aliphatic rings. The molecule has 1 amide bonds. The van der Waals surface area contributed by atoms with Crippen LogP contribution in [0.3, 0.4) is 0 Å². The summed E-state index contributed by atoms with van der Waals surface area (Å²) in [5, 5.41) is 6.26. The molecule has 5 heteroatoms. The van der Waals surface area contributed by atoms with Gasteiger partial charge >= 0.3 is 0 Å². The number of benzene rings is 2. The van der Waals surface area contributed by atoms with Crippen molar-refractivity contribution < 1.29 is 9.53 Å². The zero-order chi connectivity index (χ0) is 17.4. The molecule has 0 fully saturated rings. The predicted molar refractivity (Wildman–Crippen MR) is 99.0 cm³/mol. The van der Waals surface area contributed by atoms with Crippen LogP contribution >= 0.6 is 0 Å². The molecule has 128 valence electrons. The number of anilines is 2. The van der Waals surface area contributed by atoms with Crippen molar-refractivity contribution >= 4 is 17.3 Å². The van der Waals surface area contributed by atoms with Crippen molar-refractivity contribution in [2.24, 2.45) is 0 Å². The highest BCUT2D eigenvalue weighted by Crippen LogP contribution is 2.20. The second kappa shape index (κ2) is 8.93. The van der Waals surface area contributed by atoms with Gasteiger partial charge in [0.15, 0.2) is 0 Å².